The molecule has 9 heteroatoms. The highest BCUT2D eigenvalue weighted by Gasteiger charge is 2.16. The standard InChI is InChI=1S/C19H22FN3O3S.ClH/c20-15-3-7-18(8-4-15)27(25,26)23-17-5-1-14(2-6-17)13-19(24)22-16-9-11-21-12-10-16;/h1-8,16,21,23H,9-13H2,(H,22,24);1H. The van der Waals surface area contributed by atoms with Gasteiger partial charge in [-0.2, -0.15) is 0 Å². The first kappa shape index (κ1) is 22.1. The predicted octanol–water partition coefficient (Wildman–Crippen LogP) is 2.46. The average Bonchev–Trinajstić information content (AvgIpc) is 2.64. The number of amides is 1. The summed E-state index contributed by atoms with van der Waals surface area (Å²) in [6.07, 6.45) is 2.10. The summed E-state index contributed by atoms with van der Waals surface area (Å²) in [4.78, 5) is 12.1. The number of hydrogen-bond acceptors (Lipinski definition) is 4. The minimum absolute atomic E-state index is 0. The lowest BCUT2D eigenvalue weighted by Crippen LogP contribution is -2.43. The SMILES string of the molecule is Cl.O=C(Cc1ccc(NS(=O)(=O)c2ccc(F)cc2)cc1)NC1CCNCC1. The molecule has 0 aliphatic carbocycles. The quantitative estimate of drug-likeness (QED) is 0.660. The Bertz CT molecular complexity index is 884. The minimum Gasteiger partial charge on any atom is -0.353 e. The highest BCUT2D eigenvalue weighted by molar-refractivity contribution is 7.92. The number of anilines is 1. The fourth-order valence-corrected chi connectivity index (χ4v) is 4.01. The molecule has 0 unspecified atom stereocenters. The summed E-state index contributed by atoms with van der Waals surface area (Å²) in [5, 5.41) is 6.28. The fraction of sp³-hybridized carbons (Fsp3) is 0.316. The smallest absolute Gasteiger partial charge is 0.261 e. The Kier molecular flexibility index (Phi) is 7.79. The average molecular weight is 428 g/mol. The molecule has 0 aromatic heterocycles. The third kappa shape index (κ3) is 6.19. The maximum Gasteiger partial charge on any atom is 0.261 e. The van der Waals surface area contributed by atoms with Crippen molar-refractivity contribution in [3.63, 3.8) is 0 Å². The molecule has 0 bridgehead atoms. The number of rotatable bonds is 6. The Hall–Kier alpha value is -2.16. The van der Waals surface area contributed by atoms with Crippen LogP contribution in [0.3, 0.4) is 0 Å². The Morgan fingerprint density at radius 3 is 2.25 bits per heavy atom. The van der Waals surface area contributed by atoms with E-state index in [2.05, 4.69) is 15.4 Å². The summed E-state index contributed by atoms with van der Waals surface area (Å²) in [6.45, 7) is 1.82. The van der Waals surface area contributed by atoms with Crippen molar-refractivity contribution >= 4 is 34.0 Å². The molecule has 6 nitrogen and oxygen atoms in total. The first-order valence-electron chi connectivity index (χ1n) is 8.80. The van der Waals surface area contributed by atoms with E-state index in [1.165, 1.54) is 12.1 Å². The molecule has 0 spiro atoms. The van der Waals surface area contributed by atoms with E-state index in [-0.39, 0.29) is 35.7 Å². The number of carbonyl (C=O) groups excluding carboxylic acids is 1. The second-order valence-corrected chi connectivity index (χ2v) is 8.21. The number of piperidine rings is 1. The van der Waals surface area contributed by atoms with Crippen LogP contribution in [0.5, 0.6) is 0 Å². The molecular formula is C19H23ClFN3O3S. The van der Waals surface area contributed by atoms with Crippen LogP contribution in [0.4, 0.5) is 10.1 Å². The fourth-order valence-electron chi connectivity index (χ4n) is 2.95. The maximum atomic E-state index is 12.9. The van der Waals surface area contributed by atoms with E-state index in [9.17, 15) is 17.6 Å². The lowest BCUT2D eigenvalue weighted by molar-refractivity contribution is -0.121. The van der Waals surface area contributed by atoms with Crippen molar-refractivity contribution in [2.75, 3.05) is 17.8 Å². The lowest BCUT2D eigenvalue weighted by atomic mass is 10.1. The maximum absolute atomic E-state index is 12.9. The summed E-state index contributed by atoms with van der Waals surface area (Å²) >= 11 is 0. The van der Waals surface area contributed by atoms with Crippen LogP contribution >= 0.6 is 12.4 Å². The van der Waals surface area contributed by atoms with E-state index < -0.39 is 15.8 Å². The van der Waals surface area contributed by atoms with Gasteiger partial charge in [0.15, 0.2) is 0 Å². The second-order valence-electron chi connectivity index (χ2n) is 6.52. The highest BCUT2D eigenvalue weighted by atomic mass is 35.5. The molecule has 28 heavy (non-hydrogen) atoms. The van der Waals surface area contributed by atoms with Gasteiger partial charge in [-0.1, -0.05) is 12.1 Å². The molecule has 1 heterocycles. The van der Waals surface area contributed by atoms with Gasteiger partial charge in [0.2, 0.25) is 5.91 Å². The van der Waals surface area contributed by atoms with E-state index >= 15 is 0 Å². The zero-order valence-corrected chi connectivity index (χ0v) is 16.8. The van der Waals surface area contributed by atoms with Gasteiger partial charge in [0, 0.05) is 11.7 Å². The van der Waals surface area contributed by atoms with Gasteiger partial charge in [0.25, 0.3) is 10.0 Å². The third-order valence-corrected chi connectivity index (χ3v) is 5.80. The van der Waals surface area contributed by atoms with E-state index in [0.29, 0.717) is 5.69 Å². The Labute approximate surface area is 170 Å². The monoisotopic (exact) mass is 427 g/mol. The number of hydrogen-bond donors (Lipinski definition) is 3. The third-order valence-electron chi connectivity index (χ3n) is 4.40. The van der Waals surface area contributed by atoms with Crippen molar-refractivity contribution in [3.8, 4) is 0 Å². The zero-order chi connectivity index (χ0) is 19.3. The van der Waals surface area contributed by atoms with Crippen molar-refractivity contribution in [3.05, 3.63) is 59.9 Å². The molecule has 1 fully saturated rings. The van der Waals surface area contributed by atoms with Crippen LogP contribution < -0.4 is 15.4 Å². The Morgan fingerprint density at radius 2 is 1.64 bits per heavy atom. The summed E-state index contributed by atoms with van der Waals surface area (Å²) < 4.78 is 40.0. The van der Waals surface area contributed by atoms with Crippen LogP contribution in [0.1, 0.15) is 18.4 Å². The summed E-state index contributed by atoms with van der Waals surface area (Å²) in [5.41, 5.74) is 1.17. The van der Waals surface area contributed by atoms with Gasteiger partial charge >= 0.3 is 0 Å². The molecule has 152 valence electrons. The van der Waals surface area contributed by atoms with Crippen LogP contribution in [0.15, 0.2) is 53.4 Å². The van der Waals surface area contributed by atoms with Gasteiger partial charge in [-0.3, -0.25) is 9.52 Å². The van der Waals surface area contributed by atoms with Crippen LogP contribution in [-0.4, -0.2) is 33.5 Å². The molecule has 3 rings (SSSR count). The van der Waals surface area contributed by atoms with E-state index in [4.69, 9.17) is 0 Å². The minimum atomic E-state index is -3.79. The predicted molar refractivity (Wildman–Crippen MR) is 109 cm³/mol. The molecule has 3 N–H and O–H groups in total. The van der Waals surface area contributed by atoms with Crippen molar-refractivity contribution in [1.82, 2.24) is 10.6 Å². The van der Waals surface area contributed by atoms with Crippen LogP contribution in [-0.2, 0) is 21.2 Å². The van der Waals surface area contributed by atoms with Crippen molar-refractivity contribution in [2.45, 2.75) is 30.2 Å². The number of sulfonamides is 1. The van der Waals surface area contributed by atoms with Gasteiger partial charge in [-0.15, -0.1) is 12.4 Å². The highest BCUT2D eigenvalue weighted by Crippen LogP contribution is 2.17. The molecule has 2 aromatic rings. The van der Waals surface area contributed by atoms with Gasteiger partial charge in [0.05, 0.1) is 11.3 Å². The van der Waals surface area contributed by atoms with E-state index in [1.54, 1.807) is 24.3 Å². The number of carbonyl (C=O) groups is 1. The summed E-state index contributed by atoms with van der Waals surface area (Å²) in [6, 6.07) is 11.4. The van der Waals surface area contributed by atoms with Crippen molar-refractivity contribution in [1.29, 1.82) is 0 Å². The van der Waals surface area contributed by atoms with Crippen molar-refractivity contribution < 1.29 is 17.6 Å². The molecule has 0 radical (unpaired) electrons. The van der Waals surface area contributed by atoms with E-state index in [0.717, 1.165) is 43.6 Å². The molecule has 1 saturated heterocycles. The largest absolute Gasteiger partial charge is 0.353 e. The van der Waals surface area contributed by atoms with Gasteiger partial charge in [0.1, 0.15) is 5.82 Å². The lowest BCUT2D eigenvalue weighted by Gasteiger charge is -2.23. The summed E-state index contributed by atoms with van der Waals surface area (Å²) in [5.74, 6) is -0.539. The van der Waals surface area contributed by atoms with Crippen LogP contribution in [0.25, 0.3) is 0 Å². The molecular weight excluding hydrogens is 405 g/mol. The molecule has 1 amide bonds. The molecule has 2 aromatic carbocycles. The number of nitrogens with one attached hydrogen (secondary N) is 3. The van der Waals surface area contributed by atoms with Crippen LogP contribution in [0.2, 0.25) is 0 Å². The second kappa shape index (κ2) is 9.86. The molecule has 0 atom stereocenters. The molecule has 0 saturated carbocycles. The molecule has 1 aliphatic rings. The zero-order valence-electron chi connectivity index (χ0n) is 15.2. The first-order chi connectivity index (χ1) is 12.9. The van der Waals surface area contributed by atoms with Gasteiger partial charge in [-0.25, -0.2) is 12.8 Å². The number of halogens is 2. The van der Waals surface area contributed by atoms with Crippen LogP contribution in [0, 0.1) is 5.82 Å². The Morgan fingerprint density at radius 1 is 1.04 bits per heavy atom. The normalized spacial score (nSPS) is 14.8. The van der Waals surface area contributed by atoms with E-state index in [1.807, 2.05) is 0 Å². The number of benzene rings is 2. The molecule has 1 aliphatic heterocycles. The van der Waals surface area contributed by atoms with Gasteiger partial charge in [-0.05, 0) is 67.9 Å². The first-order valence-corrected chi connectivity index (χ1v) is 10.3. The topological polar surface area (TPSA) is 87.3 Å². The summed E-state index contributed by atoms with van der Waals surface area (Å²) in [7, 11) is -3.79. The van der Waals surface area contributed by atoms with Crippen molar-refractivity contribution in [2.24, 2.45) is 0 Å². The van der Waals surface area contributed by atoms with Gasteiger partial charge < -0.3 is 10.6 Å². The Balaban J connectivity index is 0.00000280.